The van der Waals surface area contributed by atoms with Gasteiger partial charge in [0.2, 0.25) is 0 Å². The number of amides is 2. The third kappa shape index (κ3) is 4.60. The Morgan fingerprint density at radius 1 is 1.19 bits per heavy atom. The summed E-state index contributed by atoms with van der Waals surface area (Å²) in [5, 5.41) is 3.09. The van der Waals surface area contributed by atoms with E-state index in [4.69, 9.17) is 11.6 Å². The monoisotopic (exact) mass is 438 g/mol. The number of hydrogen-bond donors (Lipinski definition) is 1. The largest absolute Gasteiger partial charge is 0.368 e. The van der Waals surface area contributed by atoms with Gasteiger partial charge in [0.25, 0.3) is 11.8 Å². The van der Waals surface area contributed by atoms with Crippen LogP contribution >= 0.6 is 11.6 Å². The lowest BCUT2D eigenvalue weighted by molar-refractivity contribution is -0.113. The average molecular weight is 439 g/mol. The highest BCUT2D eigenvalue weighted by atomic mass is 35.5. The average Bonchev–Trinajstić information content (AvgIpc) is 3.59. The molecule has 1 N–H and O–H groups in total. The van der Waals surface area contributed by atoms with Crippen molar-refractivity contribution in [3.05, 3.63) is 46.8 Å². The van der Waals surface area contributed by atoms with Crippen molar-refractivity contribution < 1.29 is 9.59 Å². The van der Waals surface area contributed by atoms with Crippen LogP contribution in [0.15, 0.2) is 51.1 Å². The molecule has 160 valence electrons. The summed E-state index contributed by atoms with van der Waals surface area (Å²) < 4.78 is 0. The van der Waals surface area contributed by atoms with E-state index in [2.05, 4.69) is 30.1 Å². The molecule has 4 aliphatic rings. The minimum Gasteiger partial charge on any atom is -0.368 e. The number of carbonyl (C=O) groups is 2. The minimum absolute atomic E-state index is 0.0921. The van der Waals surface area contributed by atoms with Crippen molar-refractivity contribution in [3.63, 3.8) is 0 Å². The zero-order chi connectivity index (χ0) is 21.4. The number of anilines is 1. The Morgan fingerprint density at radius 2 is 2.00 bits per heavy atom. The number of nitrogens with one attached hydrogen (secondary N) is 1. The van der Waals surface area contributed by atoms with Crippen LogP contribution in [0.4, 0.5) is 5.69 Å². The number of aromatic nitrogens is 1. The van der Waals surface area contributed by atoms with Gasteiger partial charge in [-0.2, -0.15) is 0 Å². The highest BCUT2D eigenvalue weighted by molar-refractivity contribution is 6.44. The summed E-state index contributed by atoms with van der Waals surface area (Å²) in [5.41, 5.74) is 3.19. The first-order chi connectivity index (χ1) is 15.0. The second-order valence-corrected chi connectivity index (χ2v) is 8.62. The molecule has 3 aliphatic heterocycles. The summed E-state index contributed by atoms with van der Waals surface area (Å²) in [4.78, 5) is 41.3. The van der Waals surface area contributed by atoms with Gasteiger partial charge in [-0.1, -0.05) is 11.6 Å². The Bertz CT molecular complexity index is 1020. The SMILES string of the molecule is O=C1N=C2C=C(CN3CCN(c4ccc(C(=O)NC5CC5)nc4)CC3)C=NC2C=C1Cl. The summed E-state index contributed by atoms with van der Waals surface area (Å²) in [6.07, 6.45) is 9.34. The van der Waals surface area contributed by atoms with Crippen molar-refractivity contribution >= 4 is 41.0 Å². The summed E-state index contributed by atoms with van der Waals surface area (Å²) in [6, 6.07) is 3.84. The van der Waals surface area contributed by atoms with E-state index in [0.29, 0.717) is 17.4 Å². The van der Waals surface area contributed by atoms with Gasteiger partial charge in [0.05, 0.1) is 17.6 Å². The summed E-state index contributed by atoms with van der Waals surface area (Å²) in [6.45, 7) is 4.30. The minimum atomic E-state index is -0.404. The van der Waals surface area contributed by atoms with Gasteiger partial charge in [-0.25, -0.2) is 9.98 Å². The van der Waals surface area contributed by atoms with Crippen LogP contribution in [0.3, 0.4) is 0 Å². The molecule has 1 aliphatic carbocycles. The summed E-state index contributed by atoms with van der Waals surface area (Å²) in [5.74, 6) is -0.496. The van der Waals surface area contributed by atoms with Gasteiger partial charge < -0.3 is 10.2 Å². The van der Waals surface area contributed by atoms with Crippen molar-refractivity contribution in [2.75, 3.05) is 37.6 Å². The number of nitrogens with zero attached hydrogens (tertiary/aromatic N) is 5. The van der Waals surface area contributed by atoms with Crippen LogP contribution in [0.1, 0.15) is 23.3 Å². The Kier molecular flexibility index (Phi) is 5.41. The van der Waals surface area contributed by atoms with Crippen LogP contribution in [0.25, 0.3) is 0 Å². The molecule has 9 heteroatoms. The van der Waals surface area contributed by atoms with Crippen LogP contribution < -0.4 is 10.2 Å². The Hall–Kier alpha value is -2.84. The first kappa shape index (κ1) is 20.1. The lowest BCUT2D eigenvalue weighted by atomic mass is 10.0. The maximum atomic E-state index is 12.1. The number of hydrogen-bond acceptors (Lipinski definition) is 6. The molecule has 0 aromatic carbocycles. The van der Waals surface area contributed by atoms with Gasteiger partial charge in [-0.3, -0.25) is 19.5 Å². The van der Waals surface area contributed by atoms with E-state index in [-0.39, 0.29) is 17.0 Å². The molecule has 1 saturated carbocycles. The van der Waals surface area contributed by atoms with Crippen molar-refractivity contribution in [3.8, 4) is 0 Å². The molecule has 1 saturated heterocycles. The molecule has 0 spiro atoms. The first-order valence-electron chi connectivity index (χ1n) is 10.5. The van der Waals surface area contributed by atoms with Crippen molar-refractivity contribution in [1.82, 2.24) is 15.2 Å². The maximum Gasteiger partial charge on any atom is 0.288 e. The summed E-state index contributed by atoms with van der Waals surface area (Å²) in [7, 11) is 0. The Labute approximate surface area is 185 Å². The number of aliphatic imine (C=N–C) groups is 2. The molecule has 1 aromatic rings. The van der Waals surface area contributed by atoms with E-state index in [1.165, 1.54) is 0 Å². The molecule has 31 heavy (non-hydrogen) atoms. The fraction of sp³-hybridized carbons (Fsp3) is 0.409. The highest BCUT2D eigenvalue weighted by Crippen LogP contribution is 2.21. The van der Waals surface area contributed by atoms with Crippen LogP contribution in [0.5, 0.6) is 0 Å². The normalized spacial score (nSPS) is 23.6. The van der Waals surface area contributed by atoms with Gasteiger partial charge in [0.1, 0.15) is 16.8 Å². The second kappa shape index (κ2) is 8.36. The fourth-order valence-electron chi connectivity index (χ4n) is 3.88. The smallest absolute Gasteiger partial charge is 0.288 e. The molecule has 1 atom stereocenters. The molecule has 8 nitrogen and oxygen atoms in total. The van der Waals surface area contributed by atoms with Crippen LogP contribution in [-0.2, 0) is 4.79 Å². The number of pyridine rings is 1. The molecule has 5 rings (SSSR count). The van der Waals surface area contributed by atoms with E-state index >= 15 is 0 Å². The predicted molar refractivity (Wildman–Crippen MR) is 120 cm³/mol. The van der Waals surface area contributed by atoms with E-state index in [0.717, 1.165) is 56.8 Å². The first-order valence-corrected chi connectivity index (χ1v) is 10.9. The van der Waals surface area contributed by atoms with Crippen molar-refractivity contribution in [2.24, 2.45) is 9.98 Å². The third-order valence-corrected chi connectivity index (χ3v) is 6.10. The molecule has 2 fully saturated rings. The van der Waals surface area contributed by atoms with Crippen LogP contribution in [0.2, 0.25) is 0 Å². The number of dihydropyridines is 2. The van der Waals surface area contributed by atoms with Gasteiger partial charge in [0, 0.05) is 45.0 Å². The van der Waals surface area contributed by atoms with E-state index in [1.807, 2.05) is 18.4 Å². The highest BCUT2D eigenvalue weighted by Gasteiger charge is 2.26. The molecule has 0 radical (unpaired) electrons. The van der Waals surface area contributed by atoms with Crippen molar-refractivity contribution in [1.29, 1.82) is 0 Å². The number of fused-ring (bicyclic) bond motifs is 1. The molecule has 4 heterocycles. The van der Waals surface area contributed by atoms with Gasteiger partial charge in [-0.05, 0) is 42.7 Å². The third-order valence-electron chi connectivity index (χ3n) is 5.81. The Balaban J connectivity index is 1.14. The van der Waals surface area contributed by atoms with Gasteiger partial charge >= 0.3 is 0 Å². The molecule has 0 bridgehead atoms. The predicted octanol–water partition coefficient (Wildman–Crippen LogP) is 1.58. The zero-order valence-electron chi connectivity index (χ0n) is 17.0. The number of halogens is 1. The van der Waals surface area contributed by atoms with E-state index < -0.39 is 5.91 Å². The molecule has 1 unspecified atom stereocenters. The number of piperazine rings is 1. The van der Waals surface area contributed by atoms with E-state index in [1.54, 1.807) is 18.3 Å². The van der Waals surface area contributed by atoms with Crippen molar-refractivity contribution in [2.45, 2.75) is 24.9 Å². The van der Waals surface area contributed by atoms with Crippen LogP contribution in [0, 0.1) is 0 Å². The molecule has 1 aromatic heterocycles. The molecular formula is C22H23ClN6O2. The number of rotatable bonds is 5. The summed E-state index contributed by atoms with van der Waals surface area (Å²) >= 11 is 5.86. The van der Waals surface area contributed by atoms with Gasteiger partial charge in [-0.15, -0.1) is 0 Å². The lowest BCUT2D eigenvalue weighted by Gasteiger charge is -2.36. The van der Waals surface area contributed by atoms with E-state index in [9.17, 15) is 9.59 Å². The molecule has 2 amide bonds. The fourth-order valence-corrected chi connectivity index (χ4v) is 4.04. The standard InChI is InChI=1S/C22H23ClN6O2/c23-17-10-19-20(27-21(17)30)9-14(11-24-19)13-28-5-7-29(8-6-28)16-3-4-18(25-12-16)22(31)26-15-1-2-15/h3-4,9-12,15,19H,1-2,5-8,13H2,(H,26,31). The topological polar surface area (TPSA) is 90.3 Å². The Morgan fingerprint density at radius 3 is 2.71 bits per heavy atom. The zero-order valence-corrected chi connectivity index (χ0v) is 17.8. The van der Waals surface area contributed by atoms with Gasteiger partial charge in [0.15, 0.2) is 0 Å². The maximum absolute atomic E-state index is 12.1. The number of carbonyl (C=O) groups excluding carboxylic acids is 2. The molecular weight excluding hydrogens is 416 g/mol. The second-order valence-electron chi connectivity index (χ2n) is 8.21. The lowest BCUT2D eigenvalue weighted by Crippen LogP contribution is -2.47. The van der Waals surface area contributed by atoms with Crippen LogP contribution in [-0.4, -0.2) is 78.4 Å². The quantitative estimate of drug-likeness (QED) is 0.753.